The van der Waals surface area contributed by atoms with Gasteiger partial charge in [0, 0.05) is 18.9 Å². The first kappa shape index (κ1) is 13.3. The second kappa shape index (κ2) is 5.65. The maximum Gasteiger partial charge on any atom is 0.163 e. The Morgan fingerprint density at radius 2 is 2.00 bits per heavy atom. The average Bonchev–Trinajstić information content (AvgIpc) is 2.78. The van der Waals surface area contributed by atoms with E-state index < -0.39 is 0 Å². The van der Waals surface area contributed by atoms with E-state index >= 15 is 0 Å². The van der Waals surface area contributed by atoms with Gasteiger partial charge in [0.1, 0.15) is 0 Å². The summed E-state index contributed by atoms with van der Waals surface area (Å²) in [5, 5.41) is 4.68. The van der Waals surface area contributed by atoms with Gasteiger partial charge in [0.05, 0.1) is 17.3 Å². The van der Waals surface area contributed by atoms with Crippen LogP contribution in [0.3, 0.4) is 0 Å². The molecule has 0 saturated carbocycles. The van der Waals surface area contributed by atoms with Crippen molar-refractivity contribution in [2.45, 2.75) is 52.5 Å². The molecule has 2 heterocycles. The van der Waals surface area contributed by atoms with Crippen LogP contribution in [-0.4, -0.2) is 28.8 Å². The smallest absolute Gasteiger partial charge is 0.163 e. The Morgan fingerprint density at radius 1 is 1.33 bits per heavy atom. The van der Waals surface area contributed by atoms with E-state index in [-0.39, 0.29) is 5.78 Å². The SMILES string of the molecule is CCc1nn(C2CCOCC2)c(CC)c1C(C)=O. The van der Waals surface area contributed by atoms with Gasteiger partial charge in [-0.15, -0.1) is 0 Å². The van der Waals surface area contributed by atoms with E-state index in [9.17, 15) is 4.79 Å². The van der Waals surface area contributed by atoms with E-state index in [1.165, 1.54) is 0 Å². The van der Waals surface area contributed by atoms with Crippen LogP contribution in [0.2, 0.25) is 0 Å². The van der Waals surface area contributed by atoms with Crippen molar-refractivity contribution in [2.75, 3.05) is 13.2 Å². The molecular weight excluding hydrogens is 228 g/mol. The Kier molecular flexibility index (Phi) is 4.17. The molecule has 100 valence electrons. The fourth-order valence-corrected chi connectivity index (χ4v) is 2.75. The third-order valence-electron chi connectivity index (χ3n) is 3.64. The first-order valence-electron chi connectivity index (χ1n) is 6.87. The van der Waals surface area contributed by atoms with Crippen LogP contribution >= 0.6 is 0 Å². The molecule has 2 rings (SSSR count). The van der Waals surface area contributed by atoms with Gasteiger partial charge in [0.15, 0.2) is 5.78 Å². The lowest BCUT2D eigenvalue weighted by atomic mass is 10.0. The number of nitrogens with zero attached hydrogens (tertiary/aromatic N) is 2. The minimum absolute atomic E-state index is 0.141. The largest absolute Gasteiger partial charge is 0.381 e. The van der Waals surface area contributed by atoms with Gasteiger partial charge in [-0.25, -0.2) is 0 Å². The van der Waals surface area contributed by atoms with Gasteiger partial charge < -0.3 is 4.74 Å². The predicted molar refractivity (Wildman–Crippen MR) is 70.1 cm³/mol. The quantitative estimate of drug-likeness (QED) is 0.771. The topological polar surface area (TPSA) is 44.1 Å². The van der Waals surface area contributed by atoms with E-state index in [1.54, 1.807) is 6.92 Å². The molecular formula is C14H22N2O2. The van der Waals surface area contributed by atoms with Gasteiger partial charge in [0.2, 0.25) is 0 Å². The summed E-state index contributed by atoms with van der Waals surface area (Å²) in [5.41, 5.74) is 2.91. The zero-order chi connectivity index (χ0) is 13.1. The van der Waals surface area contributed by atoms with Crippen LogP contribution in [0.5, 0.6) is 0 Å². The van der Waals surface area contributed by atoms with Crippen LogP contribution in [0, 0.1) is 0 Å². The molecule has 1 aromatic rings. The second-order valence-corrected chi connectivity index (χ2v) is 4.82. The number of aromatic nitrogens is 2. The van der Waals surface area contributed by atoms with Crippen LogP contribution in [0.4, 0.5) is 0 Å². The highest BCUT2D eigenvalue weighted by Crippen LogP contribution is 2.26. The van der Waals surface area contributed by atoms with Crippen molar-refractivity contribution < 1.29 is 9.53 Å². The lowest BCUT2D eigenvalue weighted by molar-refractivity contribution is 0.0653. The molecule has 4 heteroatoms. The van der Waals surface area contributed by atoms with E-state index in [4.69, 9.17) is 4.74 Å². The molecule has 0 unspecified atom stereocenters. The van der Waals surface area contributed by atoms with Gasteiger partial charge in [-0.1, -0.05) is 13.8 Å². The van der Waals surface area contributed by atoms with Crippen LogP contribution in [0.25, 0.3) is 0 Å². The molecule has 4 nitrogen and oxygen atoms in total. The molecule has 0 aromatic carbocycles. The third-order valence-corrected chi connectivity index (χ3v) is 3.64. The molecule has 0 spiro atoms. The molecule has 1 aromatic heterocycles. The third kappa shape index (κ3) is 2.34. The summed E-state index contributed by atoms with van der Waals surface area (Å²) in [6.07, 6.45) is 3.67. The summed E-state index contributed by atoms with van der Waals surface area (Å²) >= 11 is 0. The molecule has 1 aliphatic heterocycles. The number of carbonyl (C=O) groups excluding carboxylic acids is 1. The van der Waals surface area contributed by atoms with Crippen molar-refractivity contribution >= 4 is 5.78 Å². The number of hydrogen-bond donors (Lipinski definition) is 0. The molecule has 0 atom stereocenters. The number of hydrogen-bond acceptors (Lipinski definition) is 3. The van der Waals surface area contributed by atoms with Crippen LogP contribution in [0.1, 0.15) is 61.4 Å². The Morgan fingerprint density at radius 3 is 2.50 bits per heavy atom. The van der Waals surface area contributed by atoms with E-state index in [1.807, 2.05) is 0 Å². The highest BCUT2D eigenvalue weighted by molar-refractivity contribution is 5.96. The Hall–Kier alpha value is -1.16. The maximum atomic E-state index is 11.8. The average molecular weight is 250 g/mol. The summed E-state index contributed by atoms with van der Waals surface area (Å²) in [6, 6.07) is 0.395. The molecule has 1 saturated heterocycles. The van der Waals surface area contributed by atoms with Gasteiger partial charge >= 0.3 is 0 Å². The summed E-state index contributed by atoms with van der Waals surface area (Å²) in [7, 11) is 0. The molecule has 1 aliphatic rings. The molecule has 0 radical (unpaired) electrons. The number of aryl methyl sites for hydroxylation is 1. The molecule has 0 amide bonds. The summed E-state index contributed by atoms with van der Waals surface area (Å²) in [5.74, 6) is 0.141. The molecule has 18 heavy (non-hydrogen) atoms. The lowest BCUT2D eigenvalue weighted by Gasteiger charge is -2.24. The zero-order valence-electron chi connectivity index (χ0n) is 11.5. The van der Waals surface area contributed by atoms with Gasteiger partial charge in [-0.2, -0.15) is 5.10 Å². The van der Waals surface area contributed by atoms with Crippen molar-refractivity contribution in [3.05, 3.63) is 17.0 Å². The summed E-state index contributed by atoms with van der Waals surface area (Å²) in [6.45, 7) is 7.39. The number of ketones is 1. The van der Waals surface area contributed by atoms with Crippen molar-refractivity contribution in [3.63, 3.8) is 0 Å². The minimum atomic E-state index is 0.141. The maximum absolute atomic E-state index is 11.8. The zero-order valence-corrected chi connectivity index (χ0v) is 11.5. The van der Waals surface area contributed by atoms with Gasteiger partial charge in [-0.05, 0) is 32.6 Å². The Labute approximate surface area is 108 Å². The highest BCUT2D eigenvalue weighted by Gasteiger charge is 2.24. The second-order valence-electron chi connectivity index (χ2n) is 4.82. The summed E-state index contributed by atoms with van der Waals surface area (Å²) in [4.78, 5) is 11.8. The van der Waals surface area contributed by atoms with Crippen molar-refractivity contribution in [3.8, 4) is 0 Å². The van der Waals surface area contributed by atoms with Crippen molar-refractivity contribution in [1.82, 2.24) is 9.78 Å². The number of rotatable bonds is 4. The normalized spacial score (nSPS) is 17.1. The van der Waals surface area contributed by atoms with E-state index in [0.29, 0.717) is 6.04 Å². The number of carbonyl (C=O) groups is 1. The van der Waals surface area contributed by atoms with E-state index in [2.05, 4.69) is 23.6 Å². The molecule has 0 bridgehead atoms. The lowest BCUT2D eigenvalue weighted by Crippen LogP contribution is -2.22. The van der Waals surface area contributed by atoms with E-state index in [0.717, 1.165) is 55.8 Å². The fraction of sp³-hybridized carbons (Fsp3) is 0.714. The molecule has 0 aliphatic carbocycles. The first-order valence-corrected chi connectivity index (χ1v) is 6.87. The molecule has 1 fully saturated rings. The van der Waals surface area contributed by atoms with Crippen molar-refractivity contribution in [2.24, 2.45) is 0 Å². The molecule has 0 N–H and O–H groups in total. The Bertz CT molecular complexity index is 431. The monoisotopic (exact) mass is 250 g/mol. The number of ether oxygens (including phenoxy) is 1. The van der Waals surface area contributed by atoms with Gasteiger partial charge in [0.25, 0.3) is 0 Å². The standard InChI is InChI=1S/C14H22N2O2/c1-4-12-14(10(3)17)13(5-2)16(15-12)11-6-8-18-9-7-11/h11H,4-9H2,1-3H3. The number of Topliss-reactive ketones (excluding diaryl/α,β-unsaturated/α-hetero) is 1. The fourth-order valence-electron chi connectivity index (χ4n) is 2.75. The Balaban J connectivity index is 2.42. The summed E-state index contributed by atoms with van der Waals surface area (Å²) < 4.78 is 7.49. The highest BCUT2D eigenvalue weighted by atomic mass is 16.5. The van der Waals surface area contributed by atoms with Crippen LogP contribution < -0.4 is 0 Å². The van der Waals surface area contributed by atoms with Crippen molar-refractivity contribution in [1.29, 1.82) is 0 Å². The predicted octanol–water partition coefficient (Wildman–Crippen LogP) is 2.56. The minimum Gasteiger partial charge on any atom is -0.381 e. The first-order chi connectivity index (χ1) is 8.69. The van der Waals surface area contributed by atoms with Crippen LogP contribution in [-0.2, 0) is 17.6 Å². The van der Waals surface area contributed by atoms with Gasteiger partial charge in [-0.3, -0.25) is 9.48 Å². The van der Waals surface area contributed by atoms with Crippen LogP contribution in [0.15, 0.2) is 0 Å².